The number of benzene rings is 2. The molecule has 0 unspecified atom stereocenters. The Balaban J connectivity index is 1.63. The van der Waals surface area contributed by atoms with E-state index in [2.05, 4.69) is 18.7 Å². The summed E-state index contributed by atoms with van der Waals surface area (Å²) in [6.45, 7) is 8.36. The minimum absolute atomic E-state index is 0.114. The van der Waals surface area contributed by atoms with Crippen LogP contribution in [0.25, 0.3) is 0 Å². The fourth-order valence-electron chi connectivity index (χ4n) is 5.43. The van der Waals surface area contributed by atoms with Gasteiger partial charge >= 0.3 is 0 Å². The predicted octanol–water partition coefficient (Wildman–Crippen LogP) is 7.37. The van der Waals surface area contributed by atoms with Gasteiger partial charge in [-0.05, 0) is 62.5 Å². The van der Waals surface area contributed by atoms with Crippen molar-refractivity contribution in [3.8, 4) is 11.5 Å². The molecule has 1 fully saturated rings. The van der Waals surface area contributed by atoms with Gasteiger partial charge in [-0.1, -0.05) is 70.9 Å². The highest BCUT2D eigenvalue weighted by atomic mass is 16.5. The van der Waals surface area contributed by atoms with Gasteiger partial charge < -0.3 is 9.47 Å². The SMILES string of the molecule is CCCCCCOc1cccc2c1C(=O)c1c(OCCCCCC)cc(CN3CCCCC3)cc1C2=O. The molecule has 5 nitrogen and oxygen atoms in total. The molecule has 1 aliphatic carbocycles. The molecule has 0 spiro atoms. The van der Waals surface area contributed by atoms with Gasteiger partial charge in [-0.3, -0.25) is 14.5 Å². The van der Waals surface area contributed by atoms with E-state index >= 15 is 0 Å². The van der Waals surface area contributed by atoms with E-state index in [1.54, 1.807) is 6.07 Å². The van der Waals surface area contributed by atoms with Crippen LogP contribution in [0.2, 0.25) is 0 Å². The lowest BCUT2D eigenvalue weighted by atomic mass is 9.82. The Morgan fingerprint density at radius 3 is 2.03 bits per heavy atom. The quantitative estimate of drug-likeness (QED) is 0.214. The van der Waals surface area contributed by atoms with Crippen molar-refractivity contribution >= 4 is 11.6 Å². The monoisotopic (exact) mass is 505 g/mol. The Bertz CT molecular complexity index is 1070. The normalized spacial score (nSPS) is 15.4. The van der Waals surface area contributed by atoms with E-state index in [1.165, 1.54) is 32.1 Å². The Hall–Kier alpha value is -2.66. The molecule has 0 bridgehead atoms. The summed E-state index contributed by atoms with van der Waals surface area (Å²) in [6.07, 6.45) is 12.4. The summed E-state index contributed by atoms with van der Waals surface area (Å²) < 4.78 is 12.3. The highest BCUT2D eigenvalue weighted by Gasteiger charge is 2.35. The maximum Gasteiger partial charge on any atom is 0.201 e. The topological polar surface area (TPSA) is 55.8 Å². The Labute approximate surface area is 222 Å². The number of unbranched alkanes of at least 4 members (excludes halogenated alkanes) is 6. The first-order chi connectivity index (χ1) is 18.1. The van der Waals surface area contributed by atoms with Crippen LogP contribution in [0.5, 0.6) is 11.5 Å². The van der Waals surface area contributed by atoms with Crippen LogP contribution in [0, 0.1) is 0 Å². The summed E-state index contributed by atoms with van der Waals surface area (Å²) in [6, 6.07) is 9.31. The van der Waals surface area contributed by atoms with Crippen molar-refractivity contribution in [2.45, 2.75) is 91.0 Å². The second-order valence-electron chi connectivity index (χ2n) is 10.5. The lowest BCUT2D eigenvalue weighted by Crippen LogP contribution is -2.29. The Morgan fingerprint density at radius 2 is 1.35 bits per heavy atom. The summed E-state index contributed by atoms with van der Waals surface area (Å²) in [5, 5.41) is 0. The summed E-state index contributed by atoms with van der Waals surface area (Å²) >= 11 is 0. The number of nitrogens with zero attached hydrogens (tertiary/aromatic N) is 1. The van der Waals surface area contributed by atoms with Crippen molar-refractivity contribution in [2.75, 3.05) is 26.3 Å². The van der Waals surface area contributed by atoms with Crippen LogP contribution >= 0.6 is 0 Å². The maximum atomic E-state index is 13.9. The van der Waals surface area contributed by atoms with Gasteiger partial charge in [0, 0.05) is 17.7 Å². The molecule has 1 heterocycles. The molecule has 0 radical (unpaired) electrons. The molecule has 37 heavy (non-hydrogen) atoms. The van der Waals surface area contributed by atoms with Crippen molar-refractivity contribution in [2.24, 2.45) is 0 Å². The van der Waals surface area contributed by atoms with Gasteiger partial charge in [-0.25, -0.2) is 0 Å². The molecular weight excluding hydrogens is 462 g/mol. The van der Waals surface area contributed by atoms with E-state index < -0.39 is 0 Å². The zero-order valence-electron chi connectivity index (χ0n) is 22.8. The van der Waals surface area contributed by atoms with Gasteiger partial charge in [0.1, 0.15) is 11.5 Å². The van der Waals surface area contributed by atoms with Gasteiger partial charge in [0.15, 0.2) is 5.78 Å². The number of carbonyl (C=O) groups excluding carboxylic acids is 2. The number of likely N-dealkylation sites (tertiary alicyclic amines) is 1. The number of hydrogen-bond acceptors (Lipinski definition) is 5. The van der Waals surface area contributed by atoms with Crippen molar-refractivity contribution in [3.63, 3.8) is 0 Å². The van der Waals surface area contributed by atoms with Crippen LogP contribution in [-0.4, -0.2) is 42.8 Å². The average molecular weight is 506 g/mol. The summed E-state index contributed by atoms with van der Waals surface area (Å²) in [7, 11) is 0. The molecule has 2 aromatic rings. The first kappa shape index (κ1) is 27.4. The fraction of sp³-hybridized carbons (Fsp3) is 0.562. The van der Waals surface area contributed by atoms with Crippen molar-refractivity contribution in [1.82, 2.24) is 4.90 Å². The summed E-state index contributed by atoms with van der Waals surface area (Å²) in [5.41, 5.74) is 2.73. The second-order valence-corrected chi connectivity index (χ2v) is 10.5. The molecule has 1 aliphatic heterocycles. The summed E-state index contributed by atoms with van der Waals surface area (Å²) in [4.78, 5) is 30.1. The van der Waals surface area contributed by atoms with Crippen molar-refractivity contribution in [3.05, 3.63) is 58.1 Å². The van der Waals surface area contributed by atoms with E-state index in [-0.39, 0.29) is 11.6 Å². The van der Waals surface area contributed by atoms with Crippen LogP contribution < -0.4 is 9.47 Å². The minimum Gasteiger partial charge on any atom is -0.493 e. The minimum atomic E-state index is -0.165. The van der Waals surface area contributed by atoms with Gasteiger partial charge in [0.2, 0.25) is 5.78 Å². The molecule has 2 aromatic carbocycles. The molecular formula is C32H43NO4. The molecule has 200 valence electrons. The van der Waals surface area contributed by atoms with E-state index in [0.717, 1.165) is 63.7 Å². The molecule has 0 N–H and O–H groups in total. The number of piperidine rings is 1. The highest BCUT2D eigenvalue weighted by Crippen LogP contribution is 2.38. The number of ether oxygens (including phenoxy) is 2. The van der Waals surface area contributed by atoms with Crippen molar-refractivity contribution in [1.29, 1.82) is 0 Å². The van der Waals surface area contributed by atoms with Crippen LogP contribution in [0.3, 0.4) is 0 Å². The van der Waals surface area contributed by atoms with Crippen LogP contribution in [-0.2, 0) is 6.54 Å². The molecule has 5 heteroatoms. The van der Waals surface area contributed by atoms with E-state index in [4.69, 9.17) is 9.47 Å². The largest absolute Gasteiger partial charge is 0.493 e. The van der Waals surface area contributed by atoms with E-state index in [0.29, 0.717) is 47.0 Å². The predicted molar refractivity (Wildman–Crippen MR) is 148 cm³/mol. The average Bonchev–Trinajstić information content (AvgIpc) is 2.91. The molecule has 4 rings (SSSR count). The Morgan fingerprint density at radius 1 is 0.703 bits per heavy atom. The standard InChI is InChI=1S/C32H43NO4/c1-3-5-7-12-19-36-27-16-14-15-25-29(27)32(35)30-26(31(25)34)21-24(23-33-17-10-9-11-18-33)22-28(30)37-20-13-8-6-4-2/h14-16,21-22H,3-13,17-20,23H2,1-2H3. The Kier molecular flexibility index (Phi) is 10.2. The molecule has 0 amide bonds. The van der Waals surface area contributed by atoms with Crippen LogP contribution in [0.15, 0.2) is 30.3 Å². The van der Waals surface area contributed by atoms with Gasteiger partial charge in [-0.15, -0.1) is 0 Å². The van der Waals surface area contributed by atoms with E-state index in [1.807, 2.05) is 24.3 Å². The van der Waals surface area contributed by atoms with E-state index in [9.17, 15) is 9.59 Å². The number of ketones is 2. The fourth-order valence-corrected chi connectivity index (χ4v) is 5.43. The lowest BCUT2D eigenvalue weighted by molar-refractivity contribution is 0.0971. The highest BCUT2D eigenvalue weighted by molar-refractivity contribution is 6.30. The molecule has 0 aromatic heterocycles. The summed E-state index contributed by atoms with van der Waals surface area (Å²) in [5.74, 6) is 0.770. The molecule has 0 saturated carbocycles. The van der Waals surface area contributed by atoms with Gasteiger partial charge in [0.25, 0.3) is 0 Å². The first-order valence-electron chi connectivity index (χ1n) is 14.5. The third-order valence-corrected chi connectivity index (χ3v) is 7.50. The smallest absolute Gasteiger partial charge is 0.201 e. The van der Waals surface area contributed by atoms with Crippen molar-refractivity contribution < 1.29 is 19.1 Å². The zero-order valence-corrected chi connectivity index (χ0v) is 22.8. The van der Waals surface area contributed by atoms with Crippen LogP contribution in [0.1, 0.15) is 122 Å². The third kappa shape index (κ3) is 6.81. The number of rotatable bonds is 14. The lowest BCUT2D eigenvalue weighted by Gasteiger charge is -2.28. The second kappa shape index (κ2) is 13.8. The number of hydrogen-bond donors (Lipinski definition) is 0. The first-order valence-corrected chi connectivity index (χ1v) is 14.5. The third-order valence-electron chi connectivity index (χ3n) is 7.50. The number of fused-ring (bicyclic) bond motifs is 2. The van der Waals surface area contributed by atoms with Gasteiger partial charge in [0.05, 0.1) is 24.3 Å². The molecule has 1 saturated heterocycles. The van der Waals surface area contributed by atoms with Crippen LogP contribution in [0.4, 0.5) is 0 Å². The zero-order chi connectivity index (χ0) is 26.0. The van der Waals surface area contributed by atoms with Gasteiger partial charge in [-0.2, -0.15) is 0 Å². The molecule has 2 aliphatic rings. The maximum absolute atomic E-state index is 13.9. The molecule has 0 atom stereocenters. The number of carbonyl (C=O) groups is 2.